The van der Waals surface area contributed by atoms with Crippen LogP contribution in [0.25, 0.3) is 0 Å². The van der Waals surface area contributed by atoms with Crippen molar-refractivity contribution in [2.45, 2.75) is 19.9 Å². The van der Waals surface area contributed by atoms with Gasteiger partial charge in [-0.1, -0.05) is 42.5 Å². The van der Waals surface area contributed by atoms with Crippen LogP contribution < -0.4 is 16.0 Å². The molecule has 3 aromatic rings. The fourth-order valence-corrected chi connectivity index (χ4v) is 3.20. The lowest BCUT2D eigenvalue weighted by Gasteiger charge is -2.13. The van der Waals surface area contributed by atoms with Gasteiger partial charge in [0.15, 0.2) is 5.13 Å². The summed E-state index contributed by atoms with van der Waals surface area (Å²) in [5, 5.41) is 10.3. The first-order valence-corrected chi connectivity index (χ1v) is 9.35. The fraction of sp³-hybridized carbons (Fsp3) is 0.150. The van der Waals surface area contributed by atoms with Crippen LogP contribution in [0.1, 0.15) is 34.6 Å². The third kappa shape index (κ3) is 5.15. The first-order chi connectivity index (χ1) is 13.0. The molecule has 0 fully saturated rings. The summed E-state index contributed by atoms with van der Waals surface area (Å²) in [5.41, 5.74) is 3.03. The Bertz CT molecular complexity index is 940. The molecule has 3 rings (SSSR count). The lowest BCUT2D eigenvalue weighted by atomic mass is 10.1. The summed E-state index contributed by atoms with van der Waals surface area (Å²) >= 11 is 1.20. The molecule has 1 atom stereocenters. The average molecular weight is 380 g/mol. The summed E-state index contributed by atoms with van der Waals surface area (Å²) in [6.07, 6.45) is 0. The summed E-state index contributed by atoms with van der Waals surface area (Å²) < 4.78 is 0. The van der Waals surface area contributed by atoms with Crippen molar-refractivity contribution >= 4 is 34.1 Å². The number of urea groups is 1. The highest BCUT2D eigenvalue weighted by Crippen LogP contribution is 2.18. The number of rotatable bonds is 5. The molecule has 1 heterocycles. The number of nitrogens with zero attached hydrogens (tertiary/aromatic N) is 1. The van der Waals surface area contributed by atoms with E-state index >= 15 is 0 Å². The molecular formula is C20H20N4O2S. The number of benzene rings is 2. The van der Waals surface area contributed by atoms with Gasteiger partial charge >= 0.3 is 6.03 Å². The predicted molar refractivity (Wildman–Crippen MR) is 108 cm³/mol. The standard InChI is InChI=1S/C20H20N4O2S/c1-13-7-6-10-16(11-13)22-19(26)24-20-23-17(12-27-20)18(25)21-14(2)15-8-4-3-5-9-15/h3-12,14H,1-2H3,(H,21,25)(H2,22,23,24,26). The van der Waals surface area contributed by atoms with Gasteiger partial charge in [0.1, 0.15) is 5.69 Å². The van der Waals surface area contributed by atoms with Gasteiger partial charge in [0.05, 0.1) is 6.04 Å². The Morgan fingerprint density at radius 1 is 1.04 bits per heavy atom. The minimum atomic E-state index is -0.403. The SMILES string of the molecule is Cc1cccc(NC(=O)Nc2nc(C(=O)NC(C)c3ccccc3)cs2)c1. The van der Waals surface area contributed by atoms with E-state index < -0.39 is 6.03 Å². The molecular weight excluding hydrogens is 360 g/mol. The zero-order valence-corrected chi connectivity index (χ0v) is 15.8. The molecule has 6 nitrogen and oxygen atoms in total. The van der Waals surface area contributed by atoms with Crippen molar-refractivity contribution < 1.29 is 9.59 Å². The summed E-state index contributed by atoms with van der Waals surface area (Å²) in [4.78, 5) is 28.6. The lowest BCUT2D eigenvalue weighted by molar-refractivity contribution is 0.0935. The van der Waals surface area contributed by atoms with Crippen LogP contribution in [0.5, 0.6) is 0 Å². The molecule has 0 aliphatic carbocycles. The van der Waals surface area contributed by atoms with Gasteiger partial charge in [-0.15, -0.1) is 11.3 Å². The number of thiazole rings is 1. The third-order valence-electron chi connectivity index (χ3n) is 3.88. The van der Waals surface area contributed by atoms with Crippen molar-refractivity contribution in [3.63, 3.8) is 0 Å². The number of aryl methyl sites for hydroxylation is 1. The Labute approximate surface area is 161 Å². The number of hydrogen-bond acceptors (Lipinski definition) is 4. The second kappa shape index (κ2) is 8.46. The molecule has 27 heavy (non-hydrogen) atoms. The zero-order chi connectivity index (χ0) is 19.2. The second-order valence-electron chi connectivity index (χ2n) is 6.09. The van der Waals surface area contributed by atoms with E-state index in [1.54, 1.807) is 11.4 Å². The quantitative estimate of drug-likeness (QED) is 0.605. The van der Waals surface area contributed by atoms with Gasteiger partial charge in [0.2, 0.25) is 0 Å². The molecule has 1 unspecified atom stereocenters. The van der Waals surface area contributed by atoms with Crippen LogP contribution >= 0.6 is 11.3 Å². The molecule has 0 aliphatic rings. The van der Waals surface area contributed by atoms with Gasteiger partial charge in [-0.3, -0.25) is 10.1 Å². The smallest absolute Gasteiger partial charge is 0.325 e. The molecule has 0 spiro atoms. The fourth-order valence-electron chi connectivity index (χ4n) is 2.51. The minimum Gasteiger partial charge on any atom is -0.344 e. The Morgan fingerprint density at radius 3 is 2.56 bits per heavy atom. The summed E-state index contributed by atoms with van der Waals surface area (Å²) in [6.45, 7) is 3.86. The number of anilines is 2. The monoisotopic (exact) mass is 380 g/mol. The predicted octanol–water partition coefficient (Wildman–Crippen LogP) is 4.59. The molecule has 0 saturated heterocycles. The number of carbonyl (C=O) groups excluding carboxylic acids is 2. The highest BCUT2D eigenvalue weighted by atomic mass is 32.1. The number of aromatic nitrogens is 1. The maximum atomic E-state index is 12.4. The van der Waals surface area contributed by atoms with Crippen molar-refractivity contribution in [2.24, 2.45) is 0 Å². The molecule has 7 heteroatoms. The van der Waals surface area contributed by atoms with Crippen molar-refractivity contribution in [1.29, 1.82) is 0 Å². The first kappa shape index (κ1) is 18.6. The van der Waals surface area contributed by atoms with Gasteiger partial charge in [-0.2, -0.15) is 0 Å². The van der Waals surface area contributed by atoms with E-state index in [2.05, 4.69) is 20.9 Å². The van der Waals surface area contributed by atoms with Gasteiger partial charge < -0.3 is 10.6 Å². The lowest BCUT2D eigenvalue weighted by Crippen LogP contribution is -2.27. The Hall–Kier alpha value is -3.19. The normalized spacial score (nSPS) is 11.5. The highest BCUT2D eigenvalue weighted by molar-refractivity contribution is 7.14. The van der Waals surface area contributed by atoms with Crippen LogP contribution in [0.4, 0.5) is 15.6 Å². The number of hydrogen-bond donors (Lipinski definition) is 3. The van der Waals surface area contributed by atoms with E-state index in [9.17, 15) is 9.59 Å². The van der Waals surface area contributed by atoms with Crippen LogP contribution in [0, 0.1) is 6.92 Å². The van der Waals surface area contributed by atoms with Gasteiger partial charge in [0.25, 0.3) is 5.91 Å². The van der Waals surface area contributed by atoms with Crippen molar-refractivity contribution in [2.75, 3.05) is 10.6 Å². The average Bonchev–Trinajstić information content (AvgIpc) is 3.11. The maximum Gasteiger partial charge on any atom is 0.325 e. The Morgan fingerprint density at radius 2 is 1.81 bits per heavy atom. The summed E-state index contributed by atoms with van der Waals surface area (Å²) in [7, 11) is 0. The minimum absolute atomic E-state index is 0.138. The first-order valence-electron chi connectivity index (χ1n) is 8.47. The van der Waals surface area contributed by atoms with Gasteiger partial charge in [-0.25, -0.2) is 9.78 Å². The van der Waals surface area contributed by atoms with Crippen LogP contribution in [0.2, 0.25) is 0 Å². The summed E-state index contributed by atoms with van der Waals surface area (Å²) in [5.74, 6) is -0.283. The molecule has 0 saturated carbocycles. The second-order valence-corrected chi connectivity index (χ2v) is 6.95. The molecule has 1 aromatic heterocycles. The van der Waals surface area contributed by atoms with Crippen molar-refractivity contribution in [1.82, 2.24) is 10.3 Å². The number of amides is 3. The van der Waals surface area contributed by atoms with Gasteiger partial charge in [0, 0.05) is 11.1 Å². The van der Waals surface area contributed by atoms with E-state index in [1.807, 2.05) is 62.4 Å². The van der Waals surface area contributed by atoms with E-state index in [0.29, 0.717) is 10.8 Å². The van der Waals surface area contributed by atoms with Crippen LogP contribution in [-0.2, 0) is 0 Å². The molecule has 2 aromatic carbocycles. The molecule has 3 N–H and O–H groups in total. The largest absolute Gasteiger partial charge is 0.344 e. The van der Waals surface area contributed by atoms with E-state index in [-0.39, 0.29) is 17.6 Å². The molecule has 0 radical (unpaired) electrons. The topological polar surface area (TPSA) is 83.1 Å². The number of carbonyl (C=O) groups is 2. The molecule has 3 amide bonds. The molecule has 0 aliphatic heterocycles. The van der Waals surface area contributed by atoms with Crippen LogP contribution in [-0.4, -0.2) is 16.9 Å². The Kier molecular flexibility index (Phi) is 5.83. The van der Waals surface area contributed by atoms with E-state index in [1.165, 1.54) is 11.3 Å². The van der Waals surface area contributed by atoms with Crippen molar-refractivity contribution in [3.05, 3.63) is 76.8 Å². The number of nitrogens with one attached hydrogen (secondary N) is 3. The zero-order valence-electron chi connectivity index (χ0n) is 15.0. The van der Waals surface area contributed by atoms with Crippen molar-refractivity contribution in [3.8, 4) is 0 Å². The van der Waals surface area contributed by atoms with Crippen LogP contribution in [0.3, 0.4) is 0 Å². The molecule has 0 bridgehead atoms. The highest BCUT2D eigenvalue weighted by Gasteiger charge is 2.15. The third-order valence-corrected chi connectivity index (χ3v) is 4.64. The van der Waals surface area contributed by atoms with E-state index in [0.717, 1.165) is 11.1 Å². The van der Waals surface area contributed by atoms with Gasteiger partial charge in [-0.05, 0) is 37.1 Å². The molecule has 138 valence electrons. The maximum absolute atomic E-state index is 12.4. The Balaban J connectivity index is 1.57. The summed E-state index contributed by atoms with van der Waals surface area (Å²) in [6, 6.07) is 16.6. The van der Waals surface area contributed by atoms with E-state index in [4.69, 9.17) is 0 Å². The van der Waals surface area contributed by atoms with Crippen LogP contribution in [0.15, 0.2) is 60.0 Å².